The Morgan fingerprint density at radius 1 is 0.769 bits per heavy atom. The minimum Gasteiger partial charge on any atom is -0.396 e. The van der Waals surface area contributed by atoms with Crippen LogP contribution in [-0.2, 0) is 4.74 Å². The molecular formula is C8H18O3S2. The van der Waals surface area contributed by atoms with Crippen LogP contribution in [0.4, 0.5) is 0 Å². The topological polar surface area (TPSA) is 49.7 Å². The van der Waals surface area contributed by atoms with E-state index >= 15 is 0 Å². The predicted octanol–water partition coefficient (Wildman–Crippen LogP) is 0.454. The largest absolute Gasteiger partial charge is 0.396 e. The Hall–Kier alpha value is 0.580. The molecule has 0 heterocycles. The van der Waals surface area contributed by atoms with E-state index in [1.165, 1.54) is 0 Å². The maximum absolute atomic E-state index is 8.48. The first-order chi connectivity index (χ1) is 6.41. The highest BCUT2D eigenvalue weighted by molar-refractivity contribution is 7.99. The third-order valence-corrected chi connectivity index (χ3v) is 3.07. The Balaban J connectivity index is 2.76. The zero-order chi connectivity index (χ0) is 9.78. The van der Waals surface area contributed by atoms with E-state index in [1.54, 1.807) is 23.5 Å². The molecule has 0 aliphatic heterocycles. The van der Waals surface area contributed by atoms with E-state index in [-0.39, 0.29) is 13.2 Å². The third-order valence-electron chi connectivity index (χ3n) is 1.22. The van der Waals surface area contributed by atoms with Crippen molar-refractivity contribution in [2.45, 2.75) is 0 Å². The number of aliphatic hydroxyl groups excluding tert-OH is 2. The van der Waals surface area contributed by atoms with Gasteiger partial charge >= 0.3 is 0 Å². The van der Waals surface area contributed by atoms with Gasteiger partial charge in [0, 0.05) is 23.0 Å². The van der Waals surface area contributed by atoms with Gasteiger partial charge in [-0.25, -0.2) is 0 Å². The van der Waals surface area contributed by atoms with E-state index in [0.717, 1.165) is 36.2 Å². The van der Waals surface area contributed by atoms with Crippen molar-refractivity contribution in [3.05, 3.63) is 0 Å². The Kier molecular flexibility index (Phi) is 13.1. The van der Waals surface area contributed by atoms with Crippen molar-refractivity contribution in [3.8, 4) is 0 Å². The van der Waals surface area contributed by atoms with E-state index in [4.69, 9.17) is 14.9 Å². The summed E-state index contributed by atoms with van der Waals surface area (Å²) < 4.78 is 5.32. The first-order valence-electron chi connectivity index (χ1n) is 4.36. The molecule has 0 atom stereocenters. The number of hydrogen-bond acceptors (Lipinski definition) is 5. The molecule has 0 bridgehead atoms. The number of rotatable bonds is 10. The molecule has 0 amide bonds. The summed E-state index contributed by atoms with van der Waals surface area (Å²) in [5.41, 5.74) is 0. The highest BCUT2D eigenvalue weighted by Crippen LogP contribution is 2.00. The zero-order valence-corrected chi connectivity index (χ0v) is 9.41. The predicted molar refractivity (Wildman–Crippen MR) is 59.6 cm³/mol. The van der Waals surface area contributed by atoms with Gasteiger partial charge < -0.3 is 14.9 Å². The molecule has 0 aliphatic carbocycles. The van der Waals surface area contributed by atoms with Crippen molar-refractivity contribution < 1.29 is 14.9 Å². The number of ether oxygens (including phenoxy) is 1. The lowest BCUT2D eigenvalue weighted by molar-refractivity contribution is 0.167. The molecular weight excluding hydrogens is 208 g/mol. The van der Waals surface area contributed by atoms with Crippen LogP contribution >= 0.6 is 23.5 Å². The molecule has 80 valence electrons. The first kappa shape index (κ1) is 13.6. The lowest BCUT2D eigenvalue weighted by Crippen LogP contribution is -2.03. The molecule has 0 aromatic rings. The average molecular weight is 226 g/mol. The monoisotopic (exact) mass is 226 g/mol. The van der Waals surface area contributed by atoms with Crippen LogP contribution in [0, 0.1) is 0 Å². The minimum absolute atomic E-state index is 0.247. The molecule has 3 nitrogen and oxygen atoms in total. The van der Waals surface area contributed by atoms with Gasteiger partial charge in [-0.3, -0.25) is 0 Å². The highest BCUT2D eigenvalue weighted by atomic mass is 32.2. The molecule has 13 heavy (non-hydrogen) atoms. The van der Waals surface area contributed by atoms with E-state index in [2.05, 4.69) is 0 Å². The van der Waals surface area contributed by atoms with Gasteiger partial charge in [0.25, 0.3) is 0 Å². The molecule has 0 radical (unpaired) electrons. The van der Waals surface area contributed by atoms with Crippen LogP contribution in [-0.4, -0.2) is 59.7 Å². The number of hydrogen-bond donors (Lipinski definition) is 2. The van der Waals surface area contributed by atoms with Gasteiger partial charge in [0.2, 0.25) is 0 Å². The molecule has 0 spiro atoms. The van der Waals surface area contributed by atoms with Gasteiger partial charge in [-0.15, -0.1) is 0 Å². The maximum Gasteiger partial charge on any atom is 0.0557 e. The lowest BCUT2D eigenvalue weighted by Gasteiger charge is -2.02. The van der Waals surface area contributed by atoms with Crippen molar-refractivity contribution in [1.29, 1.82) is 0 Å². The van der Waals surface area contributed by atoms with Crippen LogP contribution in [0.5, 0.6) is 0 Å². The Bertz CT molecular complexity index is 83.5. The molecule has 0 fully saturated rings. The van der Waals surface area contributed by atoms with Crippen molar-refractivity contribution in [2.24, 2.45) is 0 Å². The second-order valence-electron chi connectivity index (χ2n) is 2.28. The summed E-state index contributed by atoms with van der Waals surface area (Å²) in [6.07, 6.45) is 0. The molecule has 0 saturated heterocycles. The van der Waals surface area contributed by atoms with Crippen LogP contribution in [0.2, 0.25) is 0 Å². The van der Waals surface area contributed by atoms with Gasteiger partial charge in [-0.05, 0) is 0 Å². The summed E-state index contributed by atoms with van der Waals surface area (Å²) in [5, 5.41) is 17.0. The molecule has 0 saturated carbocycles. The number of thioether (sulfide) groups is 2. The van der Waals surface area contributed by atoms with Gasteiger partial charge in [0.15, 0.2) is 0 Å². The van der Waals surface area contributed by atoms with Gasteiger partial charge in [0.05, 0.1) is 26.4 Å². The summed E-state index contributed by atoms with van der Waals surface area (Å²) in [6, 6.07) is 0. The average Bonchev–Trinajstić information content (AvgIpc) is 2.16. The van der Waals surface area contributed by atoms with Gasteiger partial charge in [-0.2, -0.15) is 23.5 Å². The van der Waals surface area contributed by atoms with Crippen LogP contribution in [0.3, 0.4) is 0 Å². The van der Waals surface area contributed by atoms with Gasteiger partial charge in [0.1, 0.15) is 0 Å². The smallest absolute Gasteiger partial charge is 0.0557 e. The standard InChI is InChI=1S/C8H18O3S2/c9-1-5-12-7-3-11-4-8-13-6-2-10/h9-10H,1-8H2. The number of aliphatic hydroxyl groups is 2. The van der Waals surface area contributed by atoms with Crippen LogP contribution in [0.25, 0.3) is 0 Å². The van der Waals surface area contributed by atoms with Crippen LogP contribution in [0.1, 0.15) is 0 Å². The summed E-state index contributed by atoms with van der Waals surface area (Å²) in [4.78, 5) is 0. The lowest BCUT2D eigenvalue weighted by atomic mass is 10.8. The summed E-state index contributed by atoms with van der Waals surface area (Å²) in [6.45, 7) is 2.00. The second-order valence-corrected chi connectivity index (χ2v) is 4.73. The summed E-state index contributed by atoms with van der Waals surface area (Å²) in [5.74, 6) is 3.49. The van der Waals surface area contributed by atoms with Crippen molar-refractivity contribution in [3.63, 3.8) is 0 Å². The fourth-order valence-electron chi connectivity index (χ4n) is 0.671. The second kappa shape index (κ2) is 12.6. The van der Waals surface area contributed by atoms with E-state index in [0.29, 0.717) is 0 Å². The quantitative estimate of drug-likeness (QED) is 0.530. The van der Waals surface area contributed by atoms with Crippen molar-refractivity contribution in [1.82, 2.24) is 0 Å². The van der Waals surface area contributed by atoms with Crippen molar-refractivity contribution >= 4 is 23.5 Å². The third kappa shape index (κ3) is 12.6. The minimum atomic E-state index is 0.247. The summed E-state index contributed by atoms with van der Waals surface area (Å²) in [7, 11) is 0. The zero-order valence-electron chi connectivity index (χ0n) is 7.78. The Labute approximate surface area is 88.2 Å². The van der Waals surface area contributed by atoms with E-state index < -0.39 is 0 Å². The fraction of sp³-hybridized carbons (Fsp3) is 1.00. The highest BCUT2D eigenvalue weighted by Gasteiger charge is 1.90. The Morgan fingerprint density at radius 3 is 1.62 bits per heavy atom. The van der Waals surface area contributed by atoms with E-state index in [1.807, 2.05) is 0 Å². The molecule has 0 aromatic heterocycles. The SMILES string of the molecule is OCCSCCOCCSCCO. The van der Waals surface area contributed by atoms with Crippen LogP contribution < -0.4 is 0 Å². The van der Waals surface area contributed by atoms with Gasteiger partial charge in [-0.1, -0.05) is 0 Å². The molecule has 0 aromatic carbocycles. The molecule has 0 aliphatic rings. The van der Waals surface area contributed by atoms with Crippen molar-refractivity contribution in [2.75, 3.05) is 49.4 Å². The molecule has 5 heteroatoms. The van der Waals surface area contributed by atoms with Crippen LogP contribution in [0.15, 0.2) is 0 Å². The maximum atomic E-state index is 8.48. The summed E-state index contributed by atoms with van der Waals surface area (Å²) >= 11 is 3.40. The van der Waals surface area contributed by atoms with E-state index in [9.17, 15) is 0 Å². The fourth-order valence-corrected chi connectivity index (χ4v) is 1.81. The normalized spacial score (nSPS) is 10.6. The molecule has 0 rings (SSSR count). The Morgan fingerprint density at radius 2 is 1.23 bits per heavy atom. The first-order valence-corrected chi connectivity index (χ1v) is 6.67. The molecule has 0 unspecified atom stereocenters. The molecule has 2 N–H and O–H groups in total.